The summed E-state index contributed by atoms with van der Waals surface area (Å²) in [5.41, 5.74) is 0.825. The van der Waals surface area contributed by atoms with Crippen LogP contribution in [-0.2, 0) is 14.8 Å². The van der Waals surface area contributed by atoms with Gasteiger partial charge in [0.2, 0.25) is 15.9 Å². The van der Waals surface area contributed by atoms with Gasteiger partial charge in [-0.2, -0.15) is 0 Å². The van der Waals surface area contributed by atoms with Gasteiger partial charge in [-0.15, -0.1) is 0 Å². The van der Waals surface area contributed by atoms with Gasteiger partial charge < -0.3 is 9.64 Å². The second-order valence-corrected chi connectivity index (χ2v) is 7.37. The van der Waals surface area contributed by atoms with Crippen LogP contribution in [0.25, 0.3) is 6.08 Å². The van der Waals surface area contributed by atoms with Crippen molar-refractivity contribution in [2.75, 3.05) is 26.5 Å². The molecule has 23 heavy (non-hydrogen) atoms. The maximum Gasteiger partial charge on any atom is 0.246 e. The quantitative estimate of drug-likeness (QED) is 0.820. The standard InChI is InChI=1S/C16H22N2O4S/c1-22-15-8-4-3-6-13(15)9-10-16(19)18-11-5-7-14(12-18)17-23(2,20)21/h3-4,6,8-10,14,17H,5,7,11-12H2,1-2H3/b10-9+/t14-/m1/s1. The number of rotatable bonds is 5. The molecular weight excluding hydrogens is 316 g/mol. The second kappa shape index (κ2) is 7.61. The van der Waals surface area contributed by atoms with Crippen molar-refractivity contribution in [2.24, 2.45) is 0 Å². The van der Waals surface area contributed by atoms with Gasteiger partial charge in [0.25, 0.3) is 0 Å². The minimum absolute atomic E-state index is 0.129. The third kappa shape index (κ3) is 5.37. The molecule has 0 spiro atoms. The molecule has 1 aromatic rings. The Hall–Kier alpha value is -1.86. The number of benzene rings is 1. The molecule has 0 radical (unpaired) electrons. The lowest BCUT2D eigenvalue weighted by atomic mass is 10.1. The molecule has 1 fully saturated rings. The summed E-state index contributed by atoms with van der Waals surface area (Å²) in [6, 6.07) is 7.22. The van der Waals surface area contributed by atoms with Crippen molar-refractivity contribution in [2.45, 2.75) is 18.9 Å². The zero-order chi connectivity index (χ0) is 16.9. The summed E-state index contributed by atoms with van der Waals surface area (Å²) in [7, 11) is -1.68. The van der Waals surface area contributed by atoms with E-state index in [0.29, 0.717) is 18.8 Å². The lowest BCUT2D eigenvalue weighted by Gasteiger charge is -2.32. The molecule has 1 N–H and O–H groups in total. The SMILES string of the molecule is COc1ccccc1/C=C/C(=O)N1CCC[C@@H](NS(C)(=O)=O)C1. The minimum atomic E-state index is -3.26. The van der Waals surface area contributed by atoms with E-state index in [1.807, 2.05) is 24.3 Å². The van der Waals surface area contributed by atoms with Crippen molar-refractivity contribution in [3.8, 4) is 5.75 Å². The van der Waals surface area contributed by atoms with Crippen molar-refractivity contribution >= 4 is 22.0 Å². The molecule has 0 bridgehead atoms. The number of carbonyl (C=O) groups is 1. The van der Waals surface area contributed by atoms with Gasteiger partial charge in [-0.25, -0.2) is 13.1 Å². The smallest absolute Gasteiger partial charge is 0.246 e. The van der Waals surface area contributed by atoms with Crippen molar-refractivity contribution in [1.29, 1.82) is 0 Å². The molecule has 2 rings (SSSR count). The molecule has 0 unspecified atom stereocenters. The van der Waals surface area contributed by atoms with Gasteiger partial charge in [-0.3, -0.25) is 4.79 Å². The Morgan fingerprint density at radius 2 is 2.13 bits per heavy atom. The third-order valence-corrected chi connectivity index (χ3v) is 4.42. The number of amides is 1. The second-order valence-electron chi connectivity index (χ2n) is 5.59. The highest BCUT2D eigenvalue weighted by molar-refractivity contribution is 7.88. The first-order valence-electron chi connectivity index (χ1n) is 7.46. The van der Waals surface area contributed by atoms with Gasteiger partial charge in [0, 0.05) is 30.8 Å². The van der Waals surface area contributed by atoms with E-state index in [2.05, 4.69) is 4.72 Å². The minimum Gasteiger partial charge on any atom is -0.496 e. The maximum absolute atomic E-state index is 12.3. The van der Waals surface area contributed by atoms with Gasteiger partial charge in [-0.1, -0.05) is 18.2 Å². The van der Waals surface area contributed by atoms with Crippen LogP contribution in [0.5, 0.6) is 5.75 Å². The molecule has 1 aliphatic rings. The molecule has 126 valence electrons. The predicted octanol–water partition coefficient (Wildman–Crippen LogP) is 1.25. The number of hydrogen-bond donors (Lipinski definition) is 1. The van der Waals surface area contributed by atoms with Gasteiger partial charge in [0.1, 0.15) is 5.75 Å². The summed E-state index contributed by atoms with van der Waals surface area (Å²) in [4.78, 5) is 14.0. The molecule has 0 aliphatic carbocycles. The summed E-state index contributed by atoms with van der Waals surface area (Å²) < 4.78 is 30.4. The van der Waals surface area contributed by atoms with E-state index in [1.165, 1.54) is 6.08 Å². The normalized spacial score (nSPS) is 19.0. The highest BCUT2D eigenvalue weighted by Gasteiger charge is 2.24. The maximum atomic E-state index is 12.3. The number of methoxy groups -OCH3 is 1. The molecule has 1 saturated heterocycles. The first-order valence-corrected chi connectivity index (χ1v) is 9.35. The zero-order valence-electron chi connectivity index (χ0n) is 13.4. The molecule has 1 amide bonds. The fourth-order valence-corrected chi connectivity index (χ4v) is 3.44. The highest BCUT2D eigenvalue weighted by Crippen LogP contribution is 2.19. The molecule has 1 heterocycles. The van der Waals surface area contributed by atoms with Crippen LogP contribution < -0.4 is 9.46 Å². The van der Waals surface area contributed by atoms with E-state index < -0.39 is 10.0 Å². The van der Waals surface area contributed by atoms with Crippen LogP contribution in [0.4, 0.5) is 0 Å². The van der Waals surface area contributed by atoms with Gasteiger partial charge in [0.05, 0.1) is 13.4 Å². The number of likely N-dealkylation sites (tertiary alicyclic amines) is 1. The monoisotopic (exact) mass is 338 g/mol. The molecular formula is C16H22N2O4S. The Balaban J connectivity index is 2.01. The summed E-state index contributed by atoms with van der Waals surface area (Å²) in [5, 5.41) is 0. The molecule has 1 aromatic carbocycles. The number of nitrogens with zero attached hydrogens (tertiary/aromatic N) is 1. The van der Waals surface area contributed by atoms with E-state index >= 15 is 0 Å². The number of sulfonamides is 1. The van der Waals surface area contributed by atoms with Crippen LogP contribution in [0.1, 0.15) is 18.4 Å². The fourth-order valence-electron chi connectivity index (χ4n) is 2.65. The number of para-hydroxylation sites is 1. The lowest BCUT2D eigenvalue weighted by molar-refractivity contribution is -0.127. The van der Waals surface area contributed by atoms with Crippen molar-refractivity contribution in [3.05, 3.63) is 35.9 Å². The number of piperidine rings is 1. The summed E-state index contributed by atoms with van der Waals surface area (Å²) in [5.74, 6) is 0.572. The Labute approximate surface area is 137 Å². The van der Waals surface area contributed by atoms with Crippen LogP contribution in [0, 0.1) is 0 Å². The molecule has 1 aliphatic heterocycles. The van der Waals surface area contributed by atoms with Gasteiger partial charge in [0.15, 0.2) is 0 Å². The third-order valence-electron chi connectivity index (χ3n) is 3.66. The summed E-state index contributed by atoms with van der Waals surface area (Å²) in [6.07, 6.45) is 5.87. The van der Waals surface area contributed by atoms with Crippen molar-refractivity contribution in [3.63, 3.8) is 0 Å². The number of carbonyl (C=O) groups excluding carboxylic acids is 1. The lowest BCUT2D eigenvalue weighted by Crippen LogP contribution is -2.48. The van der Waals surface area contributed by atoms with Gasteiger partial charge >= 0.3 is 0 Å². The van der Waals surface area contributed by atoms with E-state index in [4.69, 9.17) is 4.74 Å². The number of ether oxygens (including phenoxy) is 1. The van der Waals surface area contributed by atoms with Crippen LogP contribution >= 0.6 is 0 Å². The fraction of sp³-hybridized carbons (Fsp3) is 0.438. The first kappa shape index (κ1) is 17.5. The van der Waals surface area contributed by atoms with E-state index in [-0.39, 0.29) is 11.9 Å². The number of nitrogens with one attached hydrogen (secondary N) is 1. The average molecular weight is 338 g/mol. The van der Waals surface area contributed by atoms with Crippen molar-refractivity contribution < 1.29 is 17.9 Å². The molecule has 7 heteroatoms. The van der Waals surface area contributed by atoms with Crippen LogP contribution in [0.2, 0.25) is 0 Å². The molecule has 6 nitrogen and oxygen atoms in total. The van der Waals surface area contributed by atoms with E-state index in [9.17, 15) is 13.2 Å². The topological polar surface area (TPSA) is 75.7 Å². The zero-order valence-corrected chi connectivity index (χ0v) is 14.2. The number of hydrogen-bond acceptors (Lipinski definition) is 4. The molecule has 0 saturated carbocycles. The van der Waals surface area contributed by atoms with Crippen LogP contribution in [-0.4, -0.2) is 51.7 Å². The largest absolute Gasteiger partial charge is 0.496 e. The van der Waals surface area contributed by atoms with E-state index in [1.54, 1.807) is 18.1 Å². The summed E-state index contributed by atoms with van der Waals surface area (Å²) in [6.45, 7) is 1.03. The Bertz CT molecular complexity index is 685. The predicted molar refractivity (Wildman–Crippen MR) is 89.6 cm³/mol. The highest BCUT2D eigenvalue weighted by atomic mass is 32.2. The molecule has 0 aromatic heterocycles. The Morgan fingerprint density at radius 1 is 1.39 bits per heavy atom. The molecule has 1 atom stereocenters. The van der Waals surface area contributed by atoms with Crippen LogP contribution in [0.3, 0.4) is 0 Å². The average Bonchev–Trinajstić information content (AvgIpc) is 2.51. The Kier molecular flexibility index (Phi) is 5.79. The first-order chi connectivity index (χ1) is 10.9. The van der Waals surface area contributed by atoms with Crippen LogP contribution in [0.15, 0.2) is 30.3 Å². The van der Waals surface area contributed by atoms with E-state index in [0.717, 1.165) is 24.7 Å². The Morgan fingerprint density at radius 3 is 2.83 bits per heavy atom. The van der Waals surface area contributed by atoms with Crippen molar-refractivity contribution in [1.82, 2.24) is 9.62 Å². The summed E-state index contributed by atoms with van der Waals surface area (Å²) >= 11 is 0. The van der Waals surface area contributed by atoms with Gasteiger partial charge in [-0.05, 0) is 25.0 Å².